The van der Waals surface area contributed by atoms with E-state index >= 15 is 0 Å². The van der Waals surface area contributed by atoms with E-state index in [1.807, 2.05) is 12.1 Å². The third kappa shape index (κ3) is 6.72. The van der Waals surface area contributed by atoms with Gasteiger partial charge < -0.3 is 10.1 Å². The van der Waals surface area contributed by atoms with Gasteiger partial charge in [0.2, 0.25) is 0 Å². The van der Waals surface area contributed by atoms with Crippen molar-refractivity contribution < 1.29 is 13.9 Å². The van der Waals surface area contributed by atoms with Gasteiger partial charge in [0.1, 0.15) is 5.82 Å². The van der Waals surface area contributed by atoms with E-state index < -0.39 is 11.8 Å². The number of benzene rings is 3. The number of anilines is 1. The Hall–Kier alpha value is -3.58. The van der Waals surface area contributed by atoms with E-state index in [0.29, 0.717) is 12.2 Å². The van der Waals surface area contributed by atoms with Crippen LogP contribution in [0.25, 0.3) is 0 Å². The summed E-state index contributed by atoms with van der Waals surface area (Å²) in [4.78, 5) is 11.6. The van der Waals surface area contributed by atoms with E-state index in [1.54, 1.807) is 6.07 Å². The van der Waals surface area contributed by atoms with E-state index in [-0.39, 0.29) is 5.56 Å². The number of rotatable bonds is 8. The zero-order valence-electron chi connectivity index (χ0n) is 18.6. The fraction of sp³-hybridized carbons (Fsp3) is 0.250. The maximum atomic E-state index is 13.7. The average molecular weight is 430 g/mol. The number of esters is 1. The van der Waals surface area contributed by atoms with Crippen molar-refractivity contribution in [2.75, 3.05) is 19.0 Å². The van der Waals surface area contributed by atoms with Crippen LogP contribution in [0.3, 0.4) is 0 Å². The Kier molecular flexibility index (Phi) is 8.45. The summed E-state index contributed by atoms with van der Waals surface area (Å²) in [6, 6.07) is 21.0. The first-order chi connectivity index (χ1) is 15.6. The molecule has 0 unspecified atom stereocenters. The molecule has 0 amide bonds. The fourth-order valence-corrected chi connectivity index (χ4v) is 3.29. The molecule has 0 radical (unpaired) electrons. The molecular formula is C28H28FNO2. The van der Waals surface area contributed by atoms with Gasteiger partial charge in [-0.3, -0.25) is 0 Å². The normalized spacial score (nSPS) is 10.2. The highest BCUT2D eigenvalue weighted by molar-refractivity contribution is 5.90. The van der Waals surface area contributed by atoms with Gasteiger partial charge in [0.25, 0.3) is 0 Å². The smallest absolute Gasteiger partial charge is 0.340 e. The van der Waals surface area contributed by atoms with Gasteiger partial charge in [-0.2, -0.15) is 0 Å². The highest BCUT2D eigenvalue weighted by atomic mass is 19.1. The van der Waals surface area contributed by atoms with Crippen molar-refractivity contribution in [3.05, 3.63) is 100 Å². The molecule has 4 heteroatoms. The summed E-state index contributed by atoms with van der Waals surface area (Å²) in [6.45, 7) is 2.86. The van der Waals surface area contributed by atoms with Crippen molar-refractivity contribution >= 4 is 11.7 Å². The second-order valence-electron chi connectivity index (χ2n) is 7.61. The van der Waals surface area contributed by atoms with E-state index in [0.717, 1.165) is 24.0 Å². The Morgan fingerprint density at radius 3 is 2.06 bits per heavy atom. The lowest BCUT2D eigenvalue weighted by atomic mass is 10.1. The maximum absolute atomic E-state index is 13.7. The fourth-order valence-electron chi connectivity index (χ4n) is 3.29. The van der Waals surface area contributed by atoms with Gasteiger partial charge in [0.05, 0.1) is 12.7 Å². The van der Waals surface area contributed by atoms with E-state index in [9.17, 15) is 9.18 Å². The lowest BCUT2D eigenvalue weighted by Crippen LogP contribution is -2.08. The molecule has 1 N–H and O–H groups in total. The Labute approximate surface area is 189 Å². The van der Waals surface area contributed by atoms with E-state index in [2.05, 4.69) is 65.2 Å². The lowest BCUT2D eigenvalue weighted by molar-refractivity contribution is 0.0595. The summed E-state index contributed by atoms with van der Waals surface area (Å²) < 4.78 is 18.3. The van der Waals surface area contributed by atoms with E-state index in [1.165, 1.54) is 43.2 Å². The molecule has 3 nitrogen and oxygen atoms in total. The molecule has 0 fully saturated rings. The minimum atomic E-state index is -0.685. The van der Waals surface area contributed by atoms with Crippen molar-refractivity contribution in [1.82, 2.24) is 0 Å². The topological polar surface area (TPSA) is 38.3 Å². The molecule has 0 spiro atoms. The van der Waals surface area contributed by atoms with Crippen molar-refractivity contribution in [1.29, 1.82) is 0 Å². The second-order valence-corrected chi connectivity index (χ2v) is 7.61. The van der Waals surface area contributed by atoms with Crippen LogP contribution in [-0.4, -0.2) is 19.6 Å². The minimum absolute atomic E-state index is 0.0731. The molecule has 0 atom stereocenters. The average Bonchev–Trinajstić information content (AvgIpc) is 2.83. The molecule has 164 valence electrons. The van der Waals surface area contributed by atoms with Gasteiger partial charge in [-0.1, -0.05) is 49.5 Å². The van der Waals surface area contributed by atoms with Gasteiger partial charge in [-0.25, -0.2) is 9.18 Å². The van der Waals surface area contributed by atoms with Crippen LogP contribution in [-0.2, 0) is 17.6 Å². The van der Waals surface area contributed by atoms with Crippen LogP contribution in [0.5, 0.6) is 0 Å². The molecule has 3 rings (SSSR count). The number of halogens is 1. The summed E-state index contributed by atoms with van der Waals surface area (Å²) in [5, 5.41) is 3.22. The van der Waals surface area contributed by atoms with Gasteiger partial charge in [-0.05, 0) is 72.9 Å². The molecule has 3 aromatic rings. The molecule has 3 aromatic carbocycles. The number of ether oxygens (including phenoxy) is 1. The molecule has 0 aliphatic heterocycles. The number of methoxy groups -OCH3 is 1. The van der Waals surface area contributed by atoms with Crippen LogP contribution in [0.4, 0.5) is 10.1 Å². The molecule has 32 heavy (non-hydrogen) atoms. The number of hydrogen-bond acceptors (Lipinski definition) is 3. The summed E-state index contributed by atoms with van der Waals surface area (Å²) in [5.74, 6) is 5.16. The molecule has 0 bridgehead atoms. The van der Waals surface area contributed by atoms with Crippen LogP contribution in [0.1, 0.15) is 52.4 Å². The van der Waals surface area contributed by atoms with Gasteiger partial charge in [0, 0.05) is 23.4 Å². The quantitative estimate of drug-likeness (QED) is 0.352. The SMILES string of the molecule is CCCCc1ccc(C#Cc2ccc(CCNc3ccc(F)c(C(=O)OC)c3)cc2)cc1. The van der Waals surface area contributed by atoms with Crippen molar-refractivity contribution in [3.8, 4) is 11.8 Å². The Balaban J connectivity index is 1.52. The first-order valence-corrected chi connectivity index (χ1v) is 10.9. The van der Waals surface area contributed by atoms with Crippen LogP contribution >= 0.6 is 0 Å². The molecule has 0 aliphatic carbocycles. The Bertz CT molecular complexity index is 1090. The van der Waals surface area contributed by atoms with Crippen LogP contribution in [0, 0.1) is 17.7 Å². The highest BCUT2D eigenvalue weighted by Gasteiger charge is 2.12. The zero-order chi connectivity index (χ0) is 22.8. The van der Waals surface area contributed by atoms with Gasteiger partial charge >= 0.3 is 5.97 Å². The van der Waals surface area contributed by atoms with Crippen LogP contribution in [0.2, 0.25) is 0 Å². The number of aryl methyl sites for hydroxylation is 1. The molecular weight excluding hydrogens is 401 g/mol. The maximum Gasteiger partial charge on any atom is 0.340 e. The van der Waals surface area contributed by atoms with E-state index in [4.69, 9.17) is 0 Å². The van der Waals surface area contributed by atoms with Gasteiger partial charge in [0.15, 0.2) is 0 Å². The standard InChI is InChI=1S/C28H28FNO2/c1-3-4-5-21-6-8-22(9-7-21)10-11-23-12-14-24(15-13-23)18-19-30-25-16-17-27(29)26(20-25)28(31)32-2/h6-9,12-17,20,30H,3-5,18-19H2,1-2H3. The van der Waals surface area contributed by atoms with Crippen molar-refractivity contribution in [3.63, 3.8) is 0 Å². The number of carbonyl (C=O) groups is 1. The minimum Gasteiger partial charge on any atom is -0.465 e. The second kappa shape index (κ2) is 11.7. The predicted molar refractivity (Wildman–Crippen MR) is 127 cm³/mol. The number of unbranched alkanes of at least 4 members (excludes halogenated alkanes) is 1. The first kappa shape index (κ1) is 23.1. The monoisotopic (exact) mass is 429 g/mol. The number of nitrogens with one attached hydrogen (secondary N) is 1. The third-order valence-corrected chi connectivity index (χ3v) is 5.19. The van der Waals surface area contributed by atoms with Crippen molar-refractivity contribution in [2.45, 2.75) is 32.6 Å². The van der Waals surface area contributed by atoms with Crippen LogP contribution < -0.4 is 5.32 Å². The molecule has 0 heterocycles. The highest BCUT2D eigenvalue weighted by Crippen LogP contribution is 2.16. The number of hydrogen-bond donors (Lipinski definition) is 1. The largest absolute Gasteiger partial charge is 0.465 e. The molecule has 0 aromatic heterocycles. The summed E-state index contributed by atoms with van der Waals surface area (Å²) >= 11 is 0. The summed E-state index contributed by atoms with van der Waals surface area (Å²) in [5.41, 5.74) is 5.12. The lowest BCUT2D eigenvalue weighted by Gasteiger charge is -2.09. The third-order valence-electron chi connectivity index (χ3n) is 5.19. The molecule has 0 saturated carbocycles. The first-order valence-electron chi connectivity index (χ1n) is 10.9. The Morgan fingerprint density at radius 2 is 1.50 bits per heavy atom. The molecule has 0 aliphatic rings. The Morgan fingerprint density at radius 1 is 0.906 bits per heavy atom. The summed E-state index contributed by atoms with van der Waals surface area (Å²) in [7, 11) is 1.24. The number of carbonyl (C=O) groups excluding carboxylic acids is 1. The summed E-state index contributed by atoms with van der Waals surface area (Å²) in [6.07, 6.45) is 4.33. The zero-order valence-corrected chi connectivity index (χ0v) is 18.6. The van der Waals surface area contributed by atoms with Gasteiger partial charge in [-0.15, -0.1) is 0 Å². The predicted octanol–water partition coefficient (Wildman–Crippen LogP) is 6.01. The van der Waals surface area contributed by atoms with Crippen molar-refractivity contribution in [2.24, 2.45) is 0 Å². The molecule has 0 saturated heterocycles. The van der Waals surface area contributed by atoms with Crippen LogP contribution in [0.15, 0.2) is 66.7 Å².